The average molecular weight is 254 g/mol. The lowest BCUT2D eigenvalue weighted by molar-refractivity contribution is 0.400. The summed E-state index contributed by atoms with van der Waals surface area (Å²) in [6.07, 6.45) is 1.67. The van der Waals surface area contributed by atoms with Crippen LogP contribution in [0.1, 0.15) is 0 Å². The smallest absolute Gasteiger partial charge is 0.209 e. The summed E-state index contributed by atoms with van der Waals surface area (Å²) in [4.78, 5) is 0. The van der Waals surface area contributed by atoms with Crippen LogP contribution in [0.25, 0.3) is 11.1 Å². The Balaban J connectivity index is 2.39. The van der Waals surface area contributed by atoms with Crippen molar-refractivity contribution in [1.82, 2.24) is 5.16 Å². The molecule has 1 aromatic carbocycles. The molecular weight excluding hydrogens is 246 g/mol. The molecule has 1 heterocycles. The zero-order valence-corrected chi connectivity index (χ0v) is 9.11. The molecule has 3 nitrogen and oxygen atoms in total. The predicted molar refractivity (Wildman–Crippen MR) is 56.2 cm³/mol. The molecule has 0 aliphatic rings. The number of rotatable bonds is 2. The number of ether oxygens (including phenoxy) is 1. The lowest BCUT2D eigenvalue weighted by Crippen LogP contribution is -1.81. The zero-order valence-electron chi connectivity index (χ0n) is 7.53. The molecule has 0 aliphatic carbocycles. The highest BCUT2D eigenvalue weighted by Crippen LogP contribution is 2.28. The van der Waals surface area contributed by atoms with E-state index in [2.05, 4.69) is 21.1 Å². The number of aromatic nitrogens is 1. The Labute approximate surface area is 89.8 Å². The van der Waals surface area contributed by atoms with Gasteiger partial charge in [0.15, 0.2) is 0 Å². The summed E-state index contributed by atoms with van der Waals surface area (Å²) in [7, 11) is 1.64. The first kappa shape index (κ1) is 9.27. The number of halogens is 1. The van der Waals surface area contributed by atoms with Crippen molar-refractivity contribution in [3.8, 4) is 16.9 Å². The van der Waals surface area contributed by atoms with Crippen LogP contribution < -0.4 is 4.74 Å². The normalized spacial score (nSPS) is 10.1. The van der Waals surface area contributed by atoms with Crippen molar-refractivity contribution in [3.05, 3.63) is 35.1 Å². The van der Waals surface area contributed by atoms with Crippen LogP contribution in [0.2, 0.25) is 0 Å². The fourth-order valence-electron chi connectivity index (χ4n) is 1.18. The Morgan fingerprint density at radius 3 is 2.50 bits per heavy atom. The van der Waals surface area contributed by atoms with Crippen LogP contribution >= 0.6 is 15.9 Å². The fraction of sp³-hybridized carbons (Fsp3) is 0.100. The molecule has 0 atom stereocenters. The van der Waals surface area contributed by atoms with Crippen LogP contribution in [0.15, 0.2) is 39.7 Å². The molecule has 72 valence electrons. The van der Waals surface area contributed by atoms with Crippen molar-refractivity contribution < 1.29 is 9.26 Å². The van der Waals surface area contributed by atoms with E-state index < -0.39 is 0 Å². The summed E-state index contributed by atoms with van der Waals surface area (Å²) in [6, 6.07) is 7.70. The summed E-state index contributed by atoms with van der Waals surface area (Å²) in [5, 5.41) is 3.69. The zero-order chi connectivity index (χ0) is 9.97. The standard InChI is InChI=1S/C10H8BrNO2/c1-13-8-4-2-7(3-5-8)9-6-12-14-10(9)11/h2-6H,1H3. The third kappa shape index (κ3) is 1.65. The second kappa shape index (κ2) is 3.84. The average Bonchev–Trinajstić information content (AvgIpc) is 2.65. The SMILES string of the molecule is COc1ccc(-c2cnoc2Br)cc1. The van der Waals surface area contributed by atoms with E-state index in [1.54, 1.807) is 13.3 Å². The lowest BCUT2D eigenvalue weighted by atomic mass is 10.1. The number of hydrogen-bond acceptors (Lipinski definition) is 3. The highest BCUT2D eigenvalue weighted by Gasteiger charge is 2.06. The maximum Gasteiger partial charge on any atom is 0.209 e. The van der Waals surface area contributed by atoms with Gasteiger partial charge in [-0.05, 0) is 33.6 Å². The Morgan fingerprint density at radius 2 is 2.00 bits per heavy atom. The Bertz CT molecular complexity index is 422. The van der Waals surface area contributed by atoms with Gasteiger partial charge < -0.3 is 9.26 Å². The minimum Gasteiger partial charge on any atom is -0.497 e. The molecule has 0 fully saturated rings. The molecule has 0 spiro atoms. The van der Waals surface area contributed by atoms with Crippen molar-refractivity contribution in [2.24, 2.45) is 0 Å². The van der Waals surface area contributed by atoms with Gasteiger partial charge in [0.25, 0.3) is 0 Å². The topological polar surface area (TPSA) is 35.3 Å². The van der Waals surface area contributed by atoms with Crippen molar-refractivity contribution in [3.63, 3.8) is 0 Å². The van der Waals surface area contributed by atoms with Gasteiger partial charge in [0.2, 0.25) is 4.67 Å². The lowest BCUT2D eigenvalue weighted by Gasteiger charge is -2.00. The van der Waals surface area contributed by atoms with Gasteiger partial charge in [0.05, 0.1) is 18.9 Å². The monoisotopic (exact) mass is 253 g/mol. The van der Waals surface area contributed by atoms with Crippen molar-refractivity contribution in [2.75, 3.05) is 7.11 Å². The van der Waals surface area contributed by atoms with Gasteiger partial charge in [-0.2, -0.15) is 0 Å². The van der Waals surface area contributed by atoms with Crippen molar-refractivity contribution >= 4 is 15.9 Å². The number of benzene rings is 1. The van der Waals surface area contributed by atoms with E-state index in [0.717, 1.165) is 16.9 Å². The van der Waals surface area contributed by atoms with Gasteiger partial charge in [-0.25, -0.2) is 0 Å². The molecular formula is C10H8BrNO2. The van der Waals surface area contributed by atoms with Crippen LogP contribution in [-0.4, -0.2) is 12.3 Å². The van der Waals surface area contributed by atoms with Crippen LogP contribution in [0, 0.1) is 0 Å². The first-order valence-electron chi connectivity index (χ1n) is 4.06. The Kier molecular flexibility index (Phi) is 2.54. The van der Waals surface area contributed by atoms with Crippen LogP contribution in [0.5, 0.6) is 5.75 Å². The highest BCUT2D eigenvalue weighted by atomic mass is 79.9. The van der Waals surface area contributed by atoms with E-state index in [1.807, 2.05) is 24.3 Å². The van der Waals surface area contributed by atoms with Crippen molar-refractivity contribution in [2.45, 2.75) is 0 Å². The molecule has 2 rings (SSSR count). The fourth-order valence-corrected chi connectivity index (χ4v) is 1.60. The molecule has 0 unspecified atom stereocenters. The van der Waals surface area contributed by atoms with Crippen LogP contribution in [0.3, 0.4) is 0 Å². The molecule has 1 aromatic heterocycles. The molecule has 2 aromatic rings. The van der Waals surface area contributed by atoms with E-state index >= 15 is 0 Å². The molecule has 0 amide bonds. The maximum atomic E-state index is 5.07. The summed E-state index contributed by atoms with van der Waals surface area (Å²) < 4.78 is 10.6. The summed E-state index contributed by atoms with van der Waals surface area (Å²) >= 11 is 3.28. The molecule has 0 saturated carbocycles. The Hall–Kier alpha value is -1.29. The third-order valence-electron chi connectivity index (χ3n) is 1.93. The quantitative estimate of drug-likeness (QED) is 0.825. The van der Waals surface area contributed by atoms with Gasteiger partial charge in [0.1, 0.15) is 5.75 Å². The minimum absolute atomic E-state index is 0.641. The third-order valence-corrected chi connectivity index (χ3v) is 2.50. The summed E-state index contributed by atoms with van der Waals surface area (Å²) in [6.45, 7) is 0. The van der Waals surface area contributed by atoms with Gasteiger partial charge in [0, 0.05) is 0 Å². The molecule has 14 heavy (non-hydrogen) atoms. The molecule has 0 radical (unpaired) electrons. The second-order valence-electron chi connectivity index (χ2n) is 2.74. The maximum absolute atomic E-state index is 5.07. The first-order chi connectivity index (χ1) is 6.81. The van der Waals surface area contributed by atoms with Crippen molar-refractivity contribution in [1.29, 1.82) is 0 Å². The second-order valence-corrected chi connectivity index (χ2v) is 3.46. The molecule has 0 bridgehead atoms. The number of methoxy groups -OCH3 is 1. The van der Waals surface area contributed by atoms with Gasteiger partial charge >= 0.3 is 0 Å². The first-order valence-corrected chi connectivity index (χ1v) is 4.85. The van der Waals surface area contributed by atoms with E-state index in [4.69, 9.17) is 9.26 Å². The number of hydrogen-bond donors (Lipinski definition) is 0. The largest absolute Gasteiger partial charge is 0.497 e. The summed E-state index contributed by atoms with van der Waals surface area (Å²) in [5.41, 5.74) is 1.98. The van der Waals surface area contributed by atoms with Gasteiger partial charge in [-0.15, -0.1) is 0 Å². The molecule has 0 aliphatic heterocycles. The number of nitrogens with zero attached hydrogens (tertiary/aromatic N) is 1. The van der Waals surface area contributed by atoms with E-state index in [9.17, 15) is 0 Å². The summed E-state index contributed by atoms with van der Waals surface area (Å²) in [5.74, 6) is 0.835. The van der Waals surface area contributed by atoms with Gasteiger partial charge in [-0.1, -0.05) is 17.3 Å². The minimum atomic E-state index is 0.641. The van der Waals surface area contributed by atoms with Crippen LogP contribution in [0.4, 0.5) is 0 Å². The van der Waals surface area contributed by atoms with E-state index in [0.29, 0.717) is 4.67 Å². The highest BCUT2D eigenvalue weighted by molar-refractivity contribution is 9.10. The Morgan fingerprint density at radius 1 is 1.29 bits per heavy atom. The molecule has 4 heteroatoms. The van der Waals surface area contributed by atoms with Gasteiger partial charge in [-0.3, -0.25) is 0 Å². The van der Waals surface area contributed by atoms with E-state index in [-0.39, 0.29) is 0 Å². The van der Waals surface area contributed by atoms with E-state index in [1.165, 1.54) is 0 Å². The van der Waals surface area contributed by atoms with Crippen LogP contribution in [-0.2, 0) is 0 Å². The predicted octanol–water partition coefficient (Wildman–Crippen LogP) is 3.11. The molecule has 0 saturated heterocycles. The molecule has 0 N–H and O–H groups in total.